The number of hydrogen-bond donors (Lipinski definition) is 0. The van der Waals surface area contributed by atoms with Crippen LogP contribution >= 0.6 is 7.60 Å². The average molecular weight is 334 g/mol. The zero-order chi connectivity index (χ0) is 17.0. The molecule has 0 saturated heterocycles. The SMILES string of the molecule is C=CCOC(=O)CC(OP(=O)(CC)OCC)C(=O)OCC=C. The lowest BCUT2D eigenvalue weighted by molar-refractivity contribution is -0.157. The van der Waals surface area contributed by atoms with E-state index in [0.717, 1.165) is 0 Å². The smallest absolute Gasteiger partial charge is 0.336 e. The molecule has 0 aliphatic heterocycles. The highest BCUT2D eigenvalue weighted by atomic mass is 31.2. The van der Waals surface area contributed by atoms with Crippen LogP contribution in [0.3, 0.4) is 0 Å². The van der Waals surface area contributed by atoms with Gasteiger partial charge < -0.3 is 14.0 Å². The Morgan fingerprint density at radius 3 is 2.23 bits per heavy atom. The summed E-state index contributed by atoms with van der Waals surface area (Å²) < 4.78 is 32.3. The predicted molar refractivity (Wildman–Crippen MR) is 81.6 cm³/mol. The van der Waals surface area contributed by atoms with Gasteiger partial charge in [-0.15, -0.1) is 0 Å². The molecule has 0 spiro atoms. The highest BCUT2D eigenvalue weighted by Crippen LogP contribution is 2.49. The molecule has 0 aliphatic carbocycles. The lowest BCUT2D eigenvalue weighted by Gasteiger charge is -2.21. The molecule has 0 fully saturated rings. The van der Waals surface area contributed by atoms with Crippen LogP contribution < -0.4 is 0 Å². The van der Waals surface area contributed by atoms with Gasteiger partial charge >= 0.3 is 19.5 Å². The van der Waals surface area contributed by atoms with E-state index >= 15 is 0 Å². The van der Waals surface area contributed by atoms with E-state index in [1.54, 1.807) is 13.8 Å². The Morgan fingerprint density at radius 1 is 1.14 bits per heavy atom. The molecule has 0 saturated carbocycles. The van der Waals surface area contributed by atoms with Crippen molar-refractivity contribution in [1.29, 1.82) is 0 Å². The molecule has 2 unspecified atom stereocenters. The first-order chi connectivity index (χ1) is 10.4. The maximum Gasteiger partial charge on any atom is 0.336 e. The second-order valence-corrected chi connectivity index (χ2v) is 6.36. The van der Waals surface area contributed by atoms with Gasteiger partial charge in [-0.25, -0.2) is 4.79 Å². The van der Waals surface area contributed by atoms with E-state index in [4.69, 9.17) is 18.5 Å². The Bertz CT molecular complexity index is 433. The summed E-state index contributed by atoms with van der Waals surface area (Å²) >= 11 is 0. The Hall–Kier alpha value is -1.43. The van der Waals surface area contributed by atoms with Gasteiger partial charge in [0.2, 0.25) is 0 Å². The third-order valence-electron chi connectivity index (χ3n) is 2.32. The van der Waals surface area contributed by atoms with Crippen molar-refractivity contribution in [2.45, 2.75) is 26.4 Å². The van der Waals surface area contributed by atoms with Crippen LogP contribution in [0.1, 0.15) is 20.3 Å². The molecule has 2 atom stereocenters. The van der Waals surface area contributed by atoms with Crippen LogP contribution in [-0.2, 0) is 32.7 Å². The van der Waals surface area contributed by atoms with Crippen LogP contribution in [0.15, 0.2) is 25.3 Å². The first-order valence-corrected chi connectivity index (χ1v) is 8.61. The van der Waals surface area contributed by atoms with E-state index in [9.17, 15) is 14.2 Å². The summed E-state index contributed by atoms with van der Waals surface area (Å²) in [5.41, 5.74) is 0. The van der Waals surface area contributed by atoms with Crippen molar-refractivity contribution >= 4 is 19.5 Å². The third-order valence-corrected chi connectivity index (χ3v) is 4.32. The first kappa shape index (κ1) is 20.6. The summed E-state index contributed by atoms with van der Waals surface area (Å²) in [4.78, 5) is 23.5. The topological polar surface area (TPSA) is 88.1 Å². The fraction of sp³-hybridized carbons (Fsp3) is 0.571. The normalized spacial score (nSPS) is 14.5. The highest BCUT2D eigenvalue weighted by molar-refractivity contribution is 7.53. The molecular weight excluding hydrogens is 311 g/mol. The number of carbonyl (C=O) groups is 2. The Balaban J connectivity index is 4.94. The van der Waals surface area contributed by atoms with Crippen LogP contribution in [0, 0.1) is 0 Å². The van der Waals surface area contributed by atoms with Crippen molar-refractivity contribution < 1.29 is 32.7 Å². The van der Waals surface area contributed by atoms with Gasteiger partial charge in [0.25, 0.3) is 0 Å². The Morgan fingerprint density at radius 2 is 1.73 bits per heavy atom. The zero-order valence-electron chi connectivity index (χ0n) is 13.0. The van der Waals surface area contributed by atoms with Crippen molar-refractivity contribution in [2.24, 2.45) is 0 Å². The minimum absolute atomic E-state index is 0.00412. The number of rotatable bonds is 12. The highest BCUT2D eigenvalue weighted by Gasteiger charge is 2.33. The number of hydrogen-bond acceptors (Lipinski definition) is 7. The number of carbonyl (C=O) groups excluding carboxylic acids is 2. The third kappa shape index (κ3) is 8.12. The van der Waals surface area contributed by atoms with Gasteiger partial charge in [0.1, 0.15) is 13.2 Å². The Kier molecular flexibility index (Phi) is 10.5. The standard InChI is InChI=1S/C14H23O7P/c1-5-9-18-13(15)11-12(14(16)19-10-6-2)21-22(17,8-4)20-7-3/h5-6,12H,1-2,7-11H2,3-4H3. The molecule has 0 radical (unpaired) electrons. The summed E-state index contributed by atoms with van der Waals surface area (Å²) in [5.74, 6) is -1.52. The molecule has 126 valence electrons. The number of ether oxygens (including phenoxy) is 2. The van der Waals surface area contributed by atoms with Gasteiger partial charge in [0.05, 0.1) is 13.0 Å². The molecule has 0 aromatic heterocycles. The van der Waals surface area contributed by atoms with Crippen LogP contribution in [0.4, 0.5) is 0 Å². The van der Waals surface area contributed by atoms with E-state index in [-0.39, 0.29) is 26.0 Å². The lowest BCUT2D eigenvalue weighted by atomic mass is 10.2. The molecule has 7 nitrogen and oxygen atoms in total. The van der Waals surface area contributed by atoms with Crippen molar-refractivity contribution in [3.05, 3.63) is 25.3 Å². The summed E-state index contributed by atoms with van der Waals surface area (Å²) in [7, 11) is -3.48. The minimum atomic E-state index is -3.48. The fourth-order valence-electron chi connectivity index (χ4n) is 1.35. The predicted octanol–water partition coefficient (Wildman–Crippen LogP) is 2.47. The summed E-state index contributed by atoms with van der Waals surface area (Å²) in [6, 6.07) is 0. The van der Waals surface area contributed by atoms with Crippen molar-refractivity contribution in [3.63, 3.8) is 0 Å². The molecule has 22 heavy (non-hydrogen) atoms. The van der Waals surface area contributed by atoms with Gasteiger partial charge in [-0.3, -0.25) is 13.9 Å². The van der Waals surface area contributed by atoms with E-state index in [2.05, 4.69) is 13.2 Å². The Labute approximate surface area is 130 Å². The van der Waals surface area contributed by atoms with E-state index in [1.165, 1.54) is 12.2 Å². The molecule has 0 heterocycles. The molecule has 0 amide bonds. The molecule has 0 rings (SSSR count). The van der Waals surface area contributed by atoms with Crippen molar-refractivity contribution in [1.82, 2.24) is 0 Å². The van der Waals surface area contributed by atoms with Crippen molar-refractivity contribution in [2.75, 3.05) is 26.0 Å². The molecule has 0 N–H and O–H groups in total. The molecule has 0 bridgehead atoms. The van der Waals surface area contributed by atoms with Crippen LogP contribution in [-0.4, -0.2) is 44.0 Å². The van der Waals surface area contributed by atoms with Gasteiger partial charge in [0.15, 0.2) is 6.10 Å². The zero-order valence-corrected chi connectivity index (χ0v) is 13.9. The second kappa shape index (κ2) is 11.2. The molecule has 0 aliphatic rings. The van der Waals surface area contributed by atoms with Gasteiger partial charge in [-0.1, -0.05) is 32.2 Å². The van der Waals surface area contributed by atoms with E-state index in [1.807, 2.05) is 0 Å². The quantitative estimate of drug-likeness (QED) is 0.308. The maximum absolute atomic E-state index is 12.3. The monoisotopic (exact) mass is 334 g/mol. The van der Waals surface area contributed by atoms with E-state index in [0.29, 0.717) is 0 Å². The lowest BCUT2D eigenvalue weighted by Crippen LogP contribution is -2.30. The van der Waals surface area contributed by atoms with Gasteiger partial charge in [0, 0.05) is 6.16 Å². The van der Waals surface area contributed by atoms with Crippen LogP contribution in [0.5, 0.6) is 0 Å². The molecule has 0 aromatic carbocycles. The summed E-state index contributed by atoms with van der Waals surface area (Å²) in [5, 5.41) is 0. The van der Waals surface area contributed by atoms with Crippen LogP contribution in [0.25, 0.3) is 0 Å². The number of esters is 2. The second-order valence-electron chi connectivity index (χ2n) is 4.03. The average Bonchev–Trinajstić information content (AvgIpc) is 2.50. The summed E-state index contributed by atoms with van der Waals surface area (Å²) in [6.45, 7) is 10.2. The molecule has 8 heteroatoms. The van der Waals surface area contributed by atoms with Gasteiger partial charge in [-0.05, 0) is 6.92 Å². The van der Waals surface area contributed by atoms with Crippen LogP contribution in [0.2, 0.25) is 0 Å². The molecule has 0 aromatic rings. The molecular formula is C14H23O7P. The fourth-order valence-corrected chi connectivity index (χ4v) is 2.68. The van der Waals surface area contributed by atoms with Crippen molar-refractivity contribution in [3.8, 4) is 0 Å². The first-order valence-electron chi connectivity index (χ1n) is 6.88. The maximum atomic E-state index is 12.3. The van der Waals surface area contributed by atoms with E-state index < -0.39 is 32.1 Å². The largest absolute Gasteiger partial charge is 0.461 e. The minimum Gasteiger partial charge on any atom is -0.461 e. The summed E-state index contributed by atoms with van der Waals surface area (Å²) in [6.07, 6.45) is 1.03. The van der Waals surface area contributed by atoms with Gasteiger partial charge in [-0.2, -0.15) is 0 Å².